The molecule has 2 aromatic heterocycles. The Morgan fingerprint density at radius 2 is 2.10 bits per heavy atom. The predicted octanol–water partition coefficient (Wildman–Crippen LogP) is 3.95. The molecule has 1 aliphatic rings. The maximum atomic E-state index is 12.2. The van der Waals surface area contributed by atoms with Gasteiger partial charge >= 0.3 is 0 Å². The highest BCUT2D eigenvalue weighted by atomic mass is 35.5. The van der Waals surface area contributed by atoms with Crippen molar-refractivity contribution in [1.29, 1.82) is 0 Å². The Hall–Kier alpha value is -1.59. The fourth-order valence-electron chi connectivity index (χ4n) is 2.59. The minimum absolute atomic E-state index is 0.184. The molecule has 0 unspecified atom stereocenters. The van der Waals surface area contributed by atoms with E-state index in [2.05, 4.69) is 15.4 Å². The number of hydrogen-bond acceptors (Lipinski definition) is 3. The van der Waals surface area contributed by atoms with Crippen molar-refractivity contribution in [2.24, 2.45) is 0 Å². The molecule has 0 saturated heterocycles. The summed E-state index contributed by atoms with van der Waals surface area (Å²) in [7, 11) is 0. The van der Waals surface area contributed by atoms with E-state index in [4.69, 9.17) is 23.2 Å². The van der Waals surface area contributed by atoms with Gasteiger partial charge in [0.05, 0.1) is 22.8 Å². The molecule has 0 atom stereocenters. The maximum Gasteiger partial charge on any atom is 0.258 e. The summed E-state index contributed by atoms with van der Waals surface area (Å²) in [5.41, 5.74) is 0.364. The molecule has 2 heterocycles. The number of carbonyl (C=O) groups is 1. The van der Waals surface area contributed by atoms with Crippen LogP contribution >= 0.6 is 23.2 Å². The van der Waals surface area contributed by atoms with Crippen LogP contribution in [0, 0.1) is 0 Å². The van der Waals surface area contributed by atoms with Gasteiger partial charge in [-0.25, -0.2) is 9.67 Å². The fourth-order valence-corrected chi connectivity index (χ4v) is 2.86. The van der Waals surface area contributed by atoms with Crippen LogP contribution in [0.5, 0.6) is 0 Å². The molecule has 0 aliphatic heterocycles. The summed E-state index contributed by atoms with van der Waals surface area (Å²) in [6, 6.07) is 3.66. The van der Waals surface area contributed by atoms with Crippen molar-refractivity contribution in [3.8, 4) is 0 Å². The molecule has 0 aromatic carbocycles. The average Bonchev–Trinajstić information content (AvgIpc) is 3.12. The molecule has 1 aliphatic carbocycles. The fraction of sp³-hybridized carbons (Fsp3) is 0.357. The van der Waals surface area contributed by atoms with Crippen molar-refractivity contribution in [3.63, 3.8) is 0 Å². The van der Waals surface area contributed by atoms with Crippen molar-refractivity contribution in [2.45, 2.75) is 31.7 Å². The number of pyridine rings is 1. The second kappa shape index (κ2) is 6.03. The molecular weight excluding hydrogens is 311 g/mol. The summed E-state index contributed by atoms with van der Waals surface area (Å²) in [6.45, 7) is 0. The SMILES string of the molecule is O=C(Nc1ccnn1C1CCCC1)c1cnc(Cl)c(Cl)c1. The highest BCUT2D eigenvalue weighted by Gasteiger charge is 2.21. The number of aromatic nitrogens is 3. The number of nitrogens with one attached hydrogen (secondary N) is 1. The van der Waals surface area contributed by atoms with Gasteiger partial charge in [0, 0.05) is 12.3 Å². The van der Waals surface area contributed by atoms with Crippen LogP contribution < -0.4 is 5.32 Å². The van der Waals surface area contributed by atoms with Crippen LogP contribution in [-0.2, 0) is 0 Å². The summed E-state index contributed by atoms with van der Waals surface area (Å²) in [4.78, 5) is 16.1. The molecule has 1 fully saturated rings. The van der Waals surface area contributed by atoms with Crippen LogP contribution in [-0.4, -0.2) is 20.7 Å². The molecule has 21 heavy (non-hydrogen) atoms. The normalized spacial score (nSPS) is 15.3. The first-order valence-electron chi connectivity index (χ1n) is 6.81. The molecule has 1 saturated carbocycles. The monoisotopic (exact) mass is 324 g/mol. The van der Waals surface area contributed by atoms with Crippen LogP contribution in [0.4, 0.5) is 5.82 Å². The standard InChI is InChI=1S/C14H14Cl2N4O/c15-11-7-9(8-17-13(11)16)14(21)19-12-5-6-18-20(12)10-3-1-2-4-10/h5-8,10H,1-4H2,(H,19,21). The van der Waals surface area contributed by atoms with Crippen LogP contribution in [0.3, 0.4) is 0 Å². The first-order chi connectivity index (χ1) is 10.1. The summed E-state index contributed by atoms with van der Waals surface area (Å²) in [5.74, 6) is 0.416. The lowest BCUT2D eigenvalue weighted by Gasteiger charge is -2.14. The Morgan fingerprint density at radius 1 is 1.33 bits per heavy atom. The first-order valence-corrected chi connectivity index (χ1v) is 7.56. The van der Waals surface area contributed by atoms with E-state index in [1.807, 2.05) is 4.68 Å². The molecule has 0 bridgehead atoms. The van der Waals surface area contributed by atoms with Crippen LogP contribution in [0.15, 0.2) is 24.5 Å². The van der Waals surface area contributed by atoms with Crippen molar-refractivity contribution < 1.29 is 4.79 Å². The molecule has 0 radical (unpaired) electrons. The minimum Gasteiger partial charge on any atom is -0.307 e. The summed E-state index contributed by atoms with van der Waals surface area (Å²) in [6.07, 6.45) is 7.70. The van der Waals surface area contributed by atoms with Gasteiger partial charge in [-0.1, -0.05) is 36.0 Å². The van der Waals surface area contributed by atoms with Gasteiger partial charge in [-0.3, -0.25) is 4.79 Å². The zero-order chi connectivity index (χ0) is 14.8. The van der Waals surface area contributed by atoms with E-state index in [1.54, 1.807) is 12.3 Å². The maximum absolute atomic E-state index is 12.2. The number of anilines is 1. The quantitative estimate of drug-likeness (QED) is 0.869. The molecule has 3 rings (SSSR count). The summed E-state index contributed by atoms with van der Waals surface area (Å²) < 4.78 is 1.88. The van der Waals surface area contributed by atoms with E-state index in [0.29, 0.717) is 17.4 Å². The molecule has 1 N–H and O–H groups in total. The van der Waals surface area contributed by atoms with Crippen molar-refractivity contribution >= 4 is 34.9 Å². The minimum atomic E-state index is -0.277. The Kier molecular flexibility index (Phi) is 4.12. The number of rotatable bonds is 3. The average molecular weight is 325 g/mol. The number of nitrogens with zero attached hydrogens (tertiary/aromatic N) is 3. The smallest absolute Gasteiger partial charge is 0.258 e. The number of carbonyl (C=O) groups excluding carboxylic acids is 1. The Labute approximate surface area is 132 Å². The van der Waals surface area contributed by atoms with E-state index in [-0.39, 0.29) is 16.1 Å². The van der Waals surface area contributed by atoms with Gasteiger partial charge in [0.15, 0.2) is 0 Å². The van der Waals surface area contributed by atoms with Crippen LogP contribution in [0.1, 0.15) is 42.1 Å². The number of halogens is 2. The van der Waals surface area contributed by atoms with Gasteiger partial charge < -0.3 is 5.32 Å². The lowest BCUT2D eigenvalue weighted by Crippen LogP contribution is -2.17. The van der Waals surface area contributed by atoms with E-state index in [0.717, 1.165) is 12.8 Å². The molecule has 2 aromatic rings. The largest absolute Gasteiger partial charge is 0.307 e. The highest BCUT2D eigenvalue weighted by Crippen LogP contribution is 2.31. The first kappa shape index (κ1) is 14.4. The molecule has 1 amide bonds. The van der Waals surface area contributed by atoms with Crippen molar-refractivity contribution in [1.82, 2.24) is 14.8 Å². The number of hydrogen-bond donors (Lipinski definition) is 1. The van der Waals surface area contributed by atoms with Crippen LogP contribution in [0.2, 0.25) is 10.2 Å². The van der Waals surface area contributed by atoms with Gasteiger partial charge in [-0.15, -0.1) is 0 Å². The Bertz CT molecular complexity index is 665. The number of amides is 1. The van der Waals surface area contributed by atoms with Gasteiger partial charge in [-0.05, 0) is 18.9 Å². The third-order valence-corrected chi connectivity index (χ3v) is 4.33. The lowest BCUT2D eigenvalue weighted by atomic mass is 10.2. The van der Waals surface area contributed by atoms with Gasteiger partial charge in [-0.2, -0.15) is 5.10 Å². The zero-order valence-electron chi connectivity index (χ0n) is 11.2. The third-order valence-electron chi connectivity index (χ3n) is 3.64. The van der Waals surface area contributed by atoms with E-state index in [9.17, 15) is 4.79 Å². The highest BCUT2D eigenvalue weighted by molar-refractivity contribution is 6.41. The van der Waals surface area contributed by atoms with Gasteiger partial charge in [0.1, 0.15) is 11.0 Å². The molecular formula is C14H14Cl2N4O. The summed E-state index contributed by atoms with van der Waals surface area (Å²) in [5, 5.41) is 7.61. The van der Waals surface area contributed by atoms with Gasteiger partial charge in [0.25, 0.3) is 5.91 Å². The van der Waals surface area contributed by atoms with E-state index < -0.39 is 0 Å². The third kappa shape index (κ3) is 3.04. The molecule has 5 nitrogen and oxygen atoms in total. The van der Waals surface area contributed by atoms with Crippen molar-refractivity contribution in [2.75, 3.05) is 5.32 Å². The molecule has 7 heteroatoms. The van der Waals surface area contributed by atoms with E-state index >= 15 is 0 Å². The predicted molar refractivity (Wildman–Crippen MR) is 81.9 cm³/mol. The summed E-state index contributed by atoms with van der Waals surface area (Å²) >= 11 is 11.6. The van der Waals surface area contributed by atoms with E-state index in [1.165, 1.54) is 25.1 Å². The Morgan fingerprint density at radius 3 is 2.81 bits per heavy atom. The topological polar surface area (TPSA) is 59.8 Å². The second-order valence-electron chi connectivity index (χ2n) is 5.05. The van der Waals surface area contributed by atoms with Crippen LogP contribution in [0.25, 0.3) is 0 Å². The molecule has 0 spiro atoms. The second-order valence-corrected chi connectivity index (χ2v) is 5.82. The molecule has 110 valence electrons. The van der Waals surface area contributed by atoms with Gasteiger partial charge in [0.2, 0.25) is 0 Å². The van der Waals surface area contributed by atoms with Crippen molar-refractivity contribution in [3.05, 3.63) is 40.3 Å². The Balaban J connectivity index is 1.78. The lowest BCUT2D eigenvalue weighted by molar-refractivity contribution is 0.102. The zero-order valence-corrected chi connectivity index (χ0v) is 12.7.